The largest absolute Gasteiger partial charge is 0.325 e. The summed E-state index contributed by atoms with van der Waals surface area (Å²) in [6.45, 7) is 3.50. The van der Waals surface area contributed by atoms with Gasteiger partial charge in [-0.1, -0.05) is 12.1 Å². The number of para-hydroxylation sites is 1. The van der Waals surface area contributed by atoms with Gasteiger partial charge in [-0.3, -0.25) is 9.59 Å². The number of carbonyl (C=O) groups is 1. The van der Waals surface area contributed by atoms with Crippen molar-refractivity contribution in [3.8, 4) is 16.6 Å². The summed E-state index contributed by atoms with van der Waals surface area (Å²) in [6.07, 6.45) is 2.32. The highest BCUT2D eigenvalue weighted by molar-refractivity contribution is 7.21. The van der Waals surface area contributed by atoms with Crippen LogP contribution in [0.3, 0.4) is 0 Å². The molecule has 4 rings (SSSR count). The van der Waals surface area contributed by atoms with Crippen molar-refractivity contribution in [2.24, 2.45) is 0 Å². The van der Waals surface area contributed by atoms with Crippen LogP contribution >= 0.6 is 11.3 Å². The highest BCUT2D eigenvalue weighted by atomic mass is 32.1. The van der Waals surface area contributed by atoms with Crippen molar-refractivity contribution in [2.45, 2.75) is 26.7 Å². The van der Waals surface area contributed by atoms with E-state index < -0.39 is 5.56 Å². The molecule has 3 aromatic heterocycles. The van der Waals surface area contributed by atoms with E-state index >= 15 is 0 Å². The number of amides is 1. The van der Waals surface area contributed by atoms with Gasteiger partial charge in [0.2, 0.25) is 5.91 Å². The number of rotatable bonds is 5. The van der Waals surface area contributed by atoms with Crippen molar-refractivity contribution >= 4 is 33.3 Å². The van der Waals surface area contributed by atoms with Gasteiger partial charge in [0.15, 0.2) is 0 Å². The van der Waals surface area contributed by atoms with Crippen molar-refractivity contribution in [1.29, 1.82) is 5.26 Å². The van der Waals surface area contributed by atoms with Crippen LogP contribution in [0.5, 0.6) is 0 Å². The second-order valence-electron chi connectivity index (χ2n) is 7.14. The van der Waals surface area contributed by atoms with Crippen LogP contribution < -0.4 is 10.9 Å². The fourth-order valence-corrected chi connectivity index (χ4v) is 4.41. The molecule has 0 unspecified atom stereocenters. The number of benzene rings is 1. The Hall–Kier alpha value is -3.83. The second-order valence-corrected chi connectivity index (χ2v) is 8.17. The topological polar surface area (TPSA) is 112 Å². The fourth-order valence-electron chi connectivity index (χ4n) is 3.45. The van der Waals surface area contributed by atoms with Gasteiger partial charge in [0.25, 0.3) is 5.56 Å². The summed E-state index contributed by atoms with van der Waals surface area (Å²) in [5.74, 6) is 0.270. The number of carbonyl (C=O) groups excluding carboxylic acids is 1. The van der Waals surface area contributed by atoms with Crippen LogP contribution in [0.1, 0.15) is 28.8 Å². The third-order valence-corrected chi connectivity index (χ3v) is 6.18. The van der Waals surface area contributed by atoms with E-state index in [1.165, 1.54) is 0 Å². The average Bonchev–Trinajstić information content (AvgIpc) is 3.18. The molecule has 8 heteroatoms. The van der Waals surface area contributed by atoms with Gasteiger partial charge in [0.05, 0.1) is 10.2 Å². The number of H-pyrrole nitrogens is 1. The van der Waals surface area contributed by atoms with Gasteiger partial charge in [-0.2, -0.15) is 5.26 Å². The number of aryl methyl sites for hydroxylation is 1. The fraction of sp³-hybridized carbons (Fsp3) is 0.174. The maximum atomic E-state index is 12.4. The molecule has 7 nitrogen and oxygen atoms in total. The number of fused-ring (bicyclic) bond motifs is 1. The highest BCUT2D eigenvalue weighted by Crippen LogP contribution is 2.29. The zero-order valence-corrected chi connectivity index (χ0v) is 17.8. The third-order valence-electron chi connectivity index (χ3n) is 5.09. The second kappa shape index (κ2) is 8.50. The number of anilines is 1. The molecule has 1 amide bonds. The Morgan fingerprint density at radius 1 is 1.23 bits per heavy atom. The van der Waals surface area contributed by atoms with Crippen LogP contribution in [0.2, 0.25) is 0 Å². The lowest BCUT2D eigenvalue weighted by Crippen LogP contribution is -2.18. The van der Waals surface area contributed by atoms with Crippen LogP contribution in [-0.4, -0.2) is 20.9 Å². The number of nitrogens with one attached hydrogen (secondary N) is 2. The molecule has 31 heavy (non-hydrogen) atoms. The van der Waals surface area contributed by atoms with Crippen LogP contribution in [-0.2, 0) is 11.2 Å². The molecular formula is C23H19N5O2S. The SMILES string of the molecule is Cc1[nH]c(=O)c(C#N)c(C)c1CCC(=O)Nc1ccc(-c2nc3ccccc3s2)cn1. The monoisotopic (exact) mass is 429 g/mol. The first-order valence-electron chi connectivity index (χ1n) is 9.70. The summed E-state index contributed by atoms with van der Waals surface area (Å²) >= 11 is 1.60. The Kier molecular flexibility index (Phi) is 5.60. The number of aromatic amines is 1. The molecule has 0 aliphatic carbocycles. The first-order chi connectivity index (χ1) is 15.0. The van der Waals surface area contributed by atoms with Gasteiger partial charge in [-0.15, -0.1) is 11.3 Å². The number of nitriles is 1. The van der Waals surface area contributed by atoms with E-state index in [4.69, 9.17) is 0 Å². The molecule has 0 aliphatic heterocycles. The number of thiazole rings is 1. The number of aromatic nitrogens is 3. The quantitative estimate of drug-likeness (QED) is 0.496. The Balaban J connectivity index is 1.43. The Labute approximate surface area is 182 Å². The molecule has 1 aromatic carbocycles. The van der Waals surface area contributed by atoms with Crippen molar-refractivity contribution in [3.05, 3.63) is 75.3 Å². The lowest BCUT2D eigenvalue weighted by Gasteiger charge is -2.11. The molecule has 4 aromatic rings. The summed E-state index contributed by atoms with van der Waals surface area (Å²) in [5, 5.41) is 12.8. The smallest absolute Gasteiger partial charge is 0.266 e. The van der Waals surface area contributed by atoms with Gasteiger partial charge in [-0.05, 0) is 55.7 Å². The molecule has 154 valence electrons. The van der Waals surface area contributed by atoms with Crippen LogP contribution in [0.4, 0.5) is 5.82 Å². The summed E-state index contributed by atoms with van der Waals surface area (Å²) in [4.78, 5) is 35.9. The van der Waals surface area contributed by atoms with E-state index in [1.807, 2.05) is 36.4 Å². The molecule has 0 radical (unpaired) electrons. The number of hydrogen-bond acceptors (Lipinski definition) is 6. The minimum Gasteiger partial charge on any atom is -0.325 e. The van der Waals surface area contributed by atoms with Gasteiger partial charge in [0, 0.05) is 23.9 Å². The molecule has 0 fully saturated rings. The van der Waals surface area contributed by atoms with E-state index in [-0.39, 0.29) is 17.9 Å². The first-order valence-corrected chi connectivity index (χ1v) is 10.5. The van der Waals surface area contributed by atoms with Crippen LogP contribution in [0, 0.1) is 25.2 Å². The third kappa shape index (κ3) is 4.22. The summed E-state index contributed by atoms with van der Waals surface area (Å²) < 4.78 is 1.11. The normalized spacial score (nSPS) is 10.7. The molecule has 0 spiro atoms. The van der Waals surface area contributed by atoms with Gasteiger partial charge < -0.3 is 10.3 Å². The molecule has 2 N–H and O–H groups in total. The van der Waals surface area contributed by atoms with Crippen LogP contribution in [0.15, 0.2) is 47.4 Å². The zero-order chi connectivity index (χ0) is 22.0. The summed E-state index contributed by atoms with van der Waals surface area (Å²) in [6, 6.07) is 13.5. The van der Waals surface area contributed by atoms with Gasteiger partial charge >= 0.3 is 0 Å². The lowest BCUT2D eigenvalue weighted by molar-refractivity contribution is -0.116. The maximum Gasteiger partial charge on any atom is 0.266 e. The average molecular weight is 430 g/mol. The van der Waals surface area contributed by atoms with E-state index in [0.717, 1.165) is 26.4 Å². The molecule has 0 atom stereocenters. The molecular weight excluding hydrogens is 410 g/mol. The van der Waals surface area contributed by atoms with Gasteiger partial charge in [-0.25, -0.2) is 9.97 Å². The van der Waals surface area contributed by atoms with E-state index in [0.29, 0.717) is 23.5 Å². The standard InChI is InChI=1S/C23H19N5O2S/c1-13-16(14(2)26-22(30)17(13)11-24)8-10-21(29)28-20-9-7-15(12-25-20)23-27-18-5-3-4-6-19(18)31-23/h3-7,9,12H,8,10H2,1-2H3,(H,26,30)(H,25,28,29). The van der Waals surface area contributed by atoms with E-state index in [1.54, 1.807) is 37.4 Å². The van der Waals surface area contributed by atoms with Crippen LogP contribution in [0.25, 0.3) is 20.8 Å². The Morgan fingerprint density at radius 2 is 2.03 bits per heavy atom. The molecule has 0 bridgehead atoms. The summed E-state index contributed by atoms with van der Waals surface area (Å²) in [7, 11) is 0. The van der Waals surface area contributed by atoms with E-state index in [9.17, 15) is 14.9 Å². The maximum absolute atomic E-state index is 12.4. The number of hydrogen-bond donors (Lipinski definition) is 2. The van der Waals surface area contributed by atoms with Gasteiger partial charge in [0.1, 0.15) is 22.5 Å². The van der Waals surface area contributed by atoms with E-state index in [2.05, 4.69) is 20.3 Å². The van der Waals surface area contributed by atoms with Crippen molar-refractivity contribution in [3.63, 3.8) is 0 Å². The molecule has 0 saturated heterocycles. The lowest BCUT2D eigenvalue weighted by atomic mass is 9.99. The Bertz CT molecular complexity index is 1350. The zero-order valence-electron chi connectivity index (χ0n) is 17.0. The van der Waals surface area contributed by atoms with Crippen molar-refractivity contribution in [1.82, 2.24) is 15.0 Å². The first kappa shape index (κ1) is 20.4. The molecule has 0 saturated carbocycles. The van der Waals surface area contributed by atoms with Crippen molar-refractivity contribution in [2.75, 3.05) is 5.32 Å². The molecule has 3 heterocycles. The highest BCUT2D eigenvalue weighted by Gasteiger charge is 2.14. The van der Waals surface area contributed by atoms with Crippen molar-refractivity contribution < 1.29 is 4.79 Å². The predicted molar refractivity (Wildman–Crippen MR) is 121 cm³/mol. The molecule has 0 aliphatic rings. The minimum absolute atomic E-state index is 0.0908. The number of nitrogens with zero attached hydrogens (tertiary/aromatic N) is 3. The summed E-state index contributed by atoms with van der Waals surface area (Å²) in [5.41, 5.74) is 3.64. The number of pyridine rings is 2. The minimum atomic E-state index is -0.400. The predicted octanol–water partition coefficient (Wildman–Crippen LogP) is 4.11. The Morgan fingerprint density at radius 3 is 2.74 bits per heavy atom.